The highest BCUT2D eigenvalue weighted by Gasteiger charge is 2.44. The van der Waals surface area contributed by atoms with Gasteiger partial charge in [-0.1, -0.05) is 18.5 Å². The Labute approximate surface area is 246 Å². The summed E-state index contributed by atoms with van der Waals surface area (Å²) in [6, 6.07) is 12.7. The van der Waals surface area contributed by atoms with Crippen molar-refractivity contribution < 1.29 is 19.1 Å². The molecule has 2 saturated heterocycles. The van der Waals surface area contributed by atoms with E-state index in [4.69, 9.17) is 28.6 Å². The molecule has 214 valence electrons. The molecule has 0 unspecified atom stereocenters. The molecule has 0 spiro atoms. The quantitative estimate of drug-likeness (QED) is 0.314. The Balaban J connectivity index is 1.47. The van der Waals surface area contributed by atoms with Gasteiger partial charge in [0, 0.05) is 43.4 Å². The number of rotatable bonds is 11. The summed E-state index contributed by atoms with van der Waals surface area (Å²) < 4.78 is 5.06. The average molecular weight is 586 g/mol. The number of hydrogen-bond acceptors (Lipinski definition) is 7. The number of nitrogens with one attached hydrogen (secondary N) is 1. The largest absolute Gasteiger partial charge is 0.462 e. The second kappa shape index (κ2) is 14.0. The Hall–Kier alpha value is -3.05. The molecule has 2 amide bonds. The first-order valence-electron chi connectivity index (χ1n) is 13.7. The van der Waals surface area contributed by atoms with Crippen LogP contribution in [-0.2, 0) is 14.3 Å². The lowest BCUT2D eigenvalue weighted by molar-refractivity contribution is -0.124. The second-order valence-corrected chi connectivity index (χ2v) is 10.6. The van der Waals surface area contributed by atoms with Crippen LogP contribution in [0.4, 0.5) is 11.4 Å². The van der Waals surface area contributed by atoms with Crippen molar-refractivity contribution in [3.05, 3.63) is 59.1 Å². The van der Waals surface area contributed by atoms with Gasteiger partial charge in [-0.2, -0.15) is 0 Å². The summed E-state index contributed by atoms with van der Waals surface area (Å²) >= 11 is 11.8. The highest BCUT2D eigenvalue weighted by Crippen LogP contribution is 2.28. The van der Waals surface area contributed by atoms with Crippen LogP contribution in [0.25, 0.3) is 0 Å². The number of nitrogens with zero attached hydrogens (tertiary/aromatic N) is 4. The molecular weight excluding hydrogens is 550 g/mol. The van der Waals surface area contributed by atoms with Gasteiger partial charge < -0.3 is 24.8 Å². The highest BCUT2D eigenvalue weighted by molar-refractivity contribution is 7.80. The third-order valence-electron chi connectivity index (χ3n) is 7.25. The fourth-order valence-corrected chi connectivity index (χ4v) is 5.54. The van der Waals surface area contributed by atoms with Crippen LogP contribution in [0.15, 0.2) is 48.5 Å². The topological polar surface area (TPSA) is 85.4 Å². The van der Waals surface area contributed by atoms with E-state index in [9.17, 15) is 14.4 Å². The first-order chi connectivity index (χ1) is 19.3. The molecule has 0 aliphatic carbocycles. The standard InChI is InChI=1S/C29H36ClN5O4S/c1-3-32-16-18-33(19-17-32)14-5-15-34-25(20-26(36)31-23-10-8-22(30)9-11-23)27(37)35(29(34)40)24-12-6-21(7-13-24)28(38)39-4-2/h6-13,25H,3-5,14-20H2,1-2H3,(H,31,36)/t25-/m1/s1. The number of ether oxygens (including phenoxy) is 1. The predicted molar refractivity (Wildman–Crippen MR) is 161 cm³/mol. The van der Waals surface area contributed by atoms with Gasteiger partial charge in [-0.15, -0.1) is 0 Å². The van der Waals surface area contributed by atoms with E-state index < -0.39 is 12.0 Å². The van der Waals surface area contributed by atoms with Crippen molar-refractivity contribution in [3.8, 4) is 0 Å². The lowest BCUT2D eigenvalue weighted by Gasteiger charge is -2.34. The van der Waals surface area contributed by atoms with Crippen LogP contribution in [0.3, 0.4) is 0 Å². The molecule has 1 N–H and O–H groups in total. The minimum Gasteiger partial charge on any atom is -0.462 e. The average Bonchev–Trinajstić information content (AvgIpc) is 3.18. The number of halogens is 1. The van der Waals surface area contributed by atoms with Crippen molar-refractivity contribution in [2.75, 3.05) is 62.6 Å². The zero-order chi connectivity index (χ0) is 28.6. The molecule has 40 heavy (non-hydrogen) atoms. The third-order valence-corrected chi connectivity index (χ3v) is 7.92. The van der Waals surface area contributed by atoms with E-state index >= 15 is 0 Å². The summed E-state index contributed by atoms with van der Waals surface area (Å²) in [5.74, 6) is -0.983. The van der Waals surface area contributed by atoms with E-state index in [2.05, 4.69) is 22.0 Å². The lowest BCUT2D eigenvalue weighted by atomic mass is 10.1. The Kier molecular flexibility index (Phi) is 10.5. The monoisotopic (exact) mass is 585 g/mol. The maximum Gasteiger partial charge on any atom is 0.338 e. The Morgan fingerprint density at radius 2 is 1.62 bits per heavy atom. The molecule has 4 rings (SSSR count). The highest BCUT2D eigenvalue weighted by atomic mass is 35.5. The summed E-state index contributed by atoms with van der Waals surface area (Å²) in [7, 11) is 0. The first-order valence-corrected chi connectivity index (χ1v) is 14.5. The smallest absolute Gasteiger partial charge is 0.338 e. The Morgan fingerprint density at radius 3 is 2.25 bits per heavy atom. The lowest BCUT2D eigenvalue weighted by Crippen LogP contribution is -2.47. The zero-order valence-electron chi connectivity index (χ0n) is 23.0. The molecule has 2 fully saturated rings. The zero-order valence-corrected chi connectivity index (χ0v) is 24.5. The number of amides is 2. The van der Waals surface area contributed by atoms with Gasteiger partial charge >= 0.3 is 5.97 Å². The molecule has 1 atom stereocenters. The van der Waals surface area contributed by atoms with Crippen molar-refractivity contribution in [2.45, 2.75) is 32.7 Å². The molecule has 11 heteroatoms. The van der Waals surface area contributed by atoms with Crippen molar-refractivity contribution in [1.29, 1.82) is 0 Å². The fourth-order valence-electron chi connectivity index (χ4n) is 5.00. The van der Waals surface area contributed by atoms with Gasteiger partial charge in [-0.25, -0.2) is 4.79 Å². The van der Waals surface area contributed by atoms with E-state index in [0.717, 1.165) is 45.7 Å². The van der Waals surface area contributed by atoms with Crippen LogP contribution in [0.2, 0.25) is 5.02 Å². The number of benzene rings is 2. The molecule has 0 bridgehead atoms. The molecular formula is C29H36ClN5O4S. The van der Waals surface area contributed by atoms with Gasteiger partial charge in [0.15, 0.2) is 5.11 Å². The molecule has 0 saturated carbocycles. The number of anilines is 2. The molecule has 2 aromatic rings. The Bertz CT molecular complexity index is 1200. The van der Waals surface area contributed by atoms with Crippen molar-refractivity contribution in [2.24, 2.45) is 0 Å². The SMILES string of the molecule is CCOC(=O)c1ccc(N2C(=O)[C@@H](CC(=O)Nc3ccc(Cl)cc3)N(CCCN3CCN(CC)CC3)C2=S)cc1. The van der Waals surface area contributed by atoms with Gasteiger partial charge in [0.2, 0.25) is 5.91 Å². The van der Waals surface area contributed by atoms with Crippen LogP contribution < -0.4 is 10.2 Å². The van der Waals surface area contributed by atoms with Gasteiger partial charge in [-0.3, -0.25) is 14.5 Å². The predicted octanol–water partition coefficient (Wildman–Crippen LogP) is 3.88. The van der Waals surface area contributed by atoms with Crippen molar-refractivity contribution >= 4 is 58.1 Å². The van der Waals surface area contributed by atoms with Crippen molar-refractivity contribution in [3.63, 3.8) is 0 Å². The van der Waals surface area contributed by atoms with Crippen LogP contribution in [0.5, 0.6) is 0 Å². The second-order valence-electron chi connectivity index (χ2n) is 9.82. The summed E-state index contributed by atoms with van der Waals surface area (Å²) in [6.45, 7) is 10.9. The number of likely N-dealkylation sites (N-methyl/N-ethyl adjacent to an activating group) is 1. The van der Waals surface area contributed by atoms with Crippen LogP contribution in [0, 0.1) is 0 Å². The summed E-state index contributed by atoms with van der Waals surface area (Å²) in [4.78, 5) is 47.0. The number of piperazine rings is 1. The van der Waals surface area contributed by atoms with E-state index in [1.807, 2.05) is 4.90 Å². The summed E-state index contributed by atoms with van der Waals surface area (Å²) in [6.07, 6.45) is 0.763. The van der Waals surface area contributed by atoms with E-state index in [-0.39, 0.29) is 24.8 Å². The third kappa shape index (κ3) is 7.37. The first kappa shape index (κ1) is 29.9. The molecule has 2 aliphatic rings. The summed E-state index contributed by atoms with van der Waals surface area (Å²) in [5, 5.41) is 3.78. The molecule has 0 radical (unpaired) electrons. The van der Waals surface area contributed by atoms with Gasteiger partial charge in [0.25, 0.3) is 5.91 Å². The molecule has 2 heterocycles. The maximum atomic E-state index is 13.7. The van der Waals surface area contributed by atoms with Gasteiger partial charge in [-0.05, 0) is 87.2 Å². The number of carbonyl (C=O) groups is 3. The molecule has 9 nitrogen and oxygen atoms in total. The molecule has 0 aromatic heterocycles. The maximum absolute atomic E-state index is 13.7. The van der Waals surface area contributed by atoms with E-state index in [1.54, 1.807) is 55.5 Å². The van der Waals surface area contributed by atoms with Crippen molar-refractivity contribution in [1.82, 2.24) is 14.7 Å². The number of hydrogen-bond donors (Lipinski definition) is 1. The van der Waals surface area contributed by atoms with Crippen LogP contribution in [0.1, 0.15) is 37.0 Å². The minimum atomic E-state index is -0.735. The number of thiocarbonyl (C=S) groups is 1. The van der Waals surface area contributed by atoms with Crippen LogP contribution in [-0.4, -0.2) is 96.1 Å². The number of carbonyl (C=O) groups excluding carboxylic acids is 3. The van der Waals surface area contributed by atoms with Crippen LogP contribution >= 0.6 is 23.8 Å². The summed E-state index contributed by atoms with van der Waals surface area (Å²) in [5.41, 5.74) is 1.54. The number of esters is 1. The molecule has 2 aromatic carbocycles. The minimum absolute atomic E-state index is 0.0474. The van der Waals surface area contributed by atoms with Gasteiger partial charge in [0.1, 0.15) is 6.04 Å². The Morgan fingerprint density at radius 1 is 0.975 bits per heavy atom. The van der Waals surface area contributed by atoms with E-state index in [1.165, 1.54) is 4.90 Å². The molecule has 2 aliphatic heterocycles. The van der Waals surface area contributed by atoms with Gasteiger partial charge in [0.05, 0.1) is 24.3 Å². The normalized spacial score (nSPS) is 18.3. The fraction of sp³-hybridized carbons (Fsp3) is 0.448. The van der Waals surface area contributed by atoms with E-state index in [0.29, 0.717) is 33.6 Å².